The molecule has 1 aliphatic heterocycles. The number of carbonyl (C=O) groups is 4. The number of ether oxygens (including phenoxy) is 5. The highest BCUT2D eigenvalue weighted by Crippen LogP contribution is 2.27. The van der Waals surface area contributed by atoms with Crippen LogP contribution in [0.25, 0.3) is 0 Å². The first-order chi connectivity index (χ1) is 20.7. The van der Waals surface area contributed by atoms with Gasteiger partial charge in [0.2, 0.25) is 18.0 Å². The van der Waals surface area contributed by atoms with Crippen molar-refractivity contribution in [2.24, 2.45) is 34.0 Å². The van der Waals surface area contributed by atoms with Crippen molar-refractivity contribution in [3.05, 3.63) is 11.8 Å². The van der Waals surface area contributed by atoms with Crippen LogP contribution >= 0.6 is 0 Å². The lowest BCUT2D eigenvalue weighted by atomic mass is 9.93. The fourth-order valence-electron chi connectivity index (χ4n) is 4.40. The average molecular weight is 628 g/mol. The van der Waals surface area contributed by atoms with E-state index in [2.05, 4.69) is 17.2 Å². The lowest BCUT2D eigenvalue weighted by Crippen LogP contribution is -2.58. The first kappa shape index (κ1) is 38.6. The predicted octanol–water partition coefficient (Wildman–Crippen LogP) is 1.78. The number of amides is 1. The first-order valence-corrected chi connectivity index (χ1v) is 15.3. The number of hydrogen-bond donors (Lipinski definition) is 4. The Morgan fingerprint density at radius 3 is 2.23 bits per heavy atom. The molecule has 44 heavy (non-hydrogen) atoms. The van der Waals surface area contributed by atoms with Crippen LogP contribution in [-0.4, -0.2) is 80.1 Å². The number of unbranched alkanes of at least 4 members (excludes halogenated alkanes) is 4. The number of rotatable bonds is 19. The molecule has 1 unspecified atom stereocenters. The van der Waals surface area contributed by atoms with E-state index in [1.54, 1.807) is 27.7 Å². The molecule has 0 bridgehead atoms. The summed E-state index contributed by atoms with van der Waals surface area (Å²) in [5.74, 6) is -3.61. The van der Waals surface area contributed by atoms with Gasteiger partial charge >= 0.3 is 17.9 Å². The molecule has 1 heterocycles. The van der Waals surface area contributed by atoms with Gasteiger partial charge < -0.3 is 46.2 Å². The molecule has 0 aromatic carbocycles. The summed E-state index contributed by atoms with van der Waals surface area (Å²) in [6.07, 6.45) is 3.75. The van der Waals surface area contributed by atoms with Gasteiger partial charge in [0, 0.05) is 32.8 Å². The molecule has 1 rings (SSSR count). The van der Waals surface area contributed by atoms with E-state index in [1.165, 1.54) is 20.1 Å². The third kappa shape index (κ3) is 13.5. The third-order valence-electron chi connectivity index (χ3n) is 6.99. The Labute approximate surface area is 260 Å². The fraction of sp³-hybridized carbons (Fsp3) is 0.767. The minimum Gasteiger partial charge on any atom is -0.478 e. The number of hydrogen-bond acceptors (Lipinski definition) is 11. The van der Waals surface area contributed by atoms with Crippen LogP contribution in [-0.2, 0) is 42.9 Å². The van der Waals surface area contributed by atoms with Gasteiger partial charge in [-0.25, -0.2) is 9.79 Å². The number of nitrogens with zero attached hydrogens (tertiary/aromatic N) is 1. The summed E-state index contributed by atoms with van der Waals surface area (Å²) in [4.78, 5) is 54.4. The Morgan fingerprint density at radius 1 is 1.02 bits per heavy atom. The van der Waals surface area contributed by atoms with Crippen LogP contribution in [0.3, 0.4) is 0 Å². The molecule has 14 heteroatoms. The van der Waals surface area contributed by atoms with Crippen molar-refractivity contribution in [1.82, 2.24) is 5.32 Å². The zero-order valence-electron chi connectivity index (χ0n) is 27.2. The normalized spacial score (nSPS) is 20.0. The van der Waals surface area contributed by atoms with Crippen molar-refractivity contribution in [1.29, 1.82) is 0 Å². The summed E-state index contributed by atoms with van der Waals surface area (Å²) in [5, 5.41) is 2.76. The number of methoxy groups -OCH3 is 1. The Balaban J connectivity index is 3.16. The van der Waals surface area contributed by atoms with Gasteiger partial charge in [0.25, 0.3) is 0 Å². The molecule has 0 aliphatic carbocycles. The van der Waals surface area contributed by atoms with E-state index in [4.69, 9.17) is 40.9 Å². The molecule has 0 fully saturated rings. The number of carbonyl (C=O) groups excluding carboxylic acids is 4. The van der Waals surface area contributed by atoms with E-state index in [0.717, 1.165) is 32.1 Å². The van der Waals surface area contributed by atoms with Gasteiger partial charge in [0.1, 0.15) is 12.1 Å². The largest absolute Gasteiger partial charge is 0.478 e. The van der Waals surface area contributed by atoms with E-state index in [9.17, 15) is 19.2 Å². The molecule has 0 radical (unpaired) electrons. The van der Waals surface area contributed by atoms with E-state index in [-0.39, 0.29) is 36.6 Å². The summed E-state index contributed by atoms with van der Waals surface area (Å²) in [6, 6.07) is -2.73. The van der Waals surface area contributed by atoms with Gasteiger partial charge in [-0.3, -0.25) is 14.4 Å². The van der Waals surface area contributed by atoms with Crippen LogP contribution in [0.1, 0.15) is 86.5 Å². The van der Waals surface area contributed by atoms with E-state index >= 15 is 0 Å². The number of esters is 3. The lowest BCUT2D eigenvalue weighted by molar-refractivity contribution is -0.198. The summed E-state index contributed by atoms with van der Waals surface area (Å²) in [6.45, 7) is 10.4. The maximum atomic E-state index is 13.3. The van der Waals surface area contributed by atoms with Crippen LogP contribution in [0.4, 0.5) is 0 Å². The van der Waals surface area contributed by atoms with Crippen LogP contribution in [0.2, 0.25) is 0 Å². The highest BCUT2D eigenvalue weighted by molar-refractivity contribution is 5.87. The Morgan fingerprint density at radius 2 is 1.68 bits per heavy atom. The van der Waals surface area contributed by atoms with Gasteiger partial charge in [-0.05, 0) is 18.4 Å². The van der Waals surface area contributed by atoms with Crippen molar-refractivity contribution in [3.63, 3.8) is 0 Å². The molecule has 0 saturated heterocycles. The Bertz CT molecular complexity index is 997. The van der Waals surface area contributed by atoms with E-state index < -0.39 is 60.4 Å². The molecule has 0 spiro atoms. The van der Waals surface area contributed by atoms with E-state index in [1.807, 2.05) is 0 Å². The minimum atomic E-state index is -1.27. The van der Waals surface area contributed by atoms with Crippen LogP contribution in [0, 0.1) is 11.8 Å². The summed E-state index contributed by atoms with van der Waals surface area (Å²) < 4.78 is 28.0. The SMILES string of the molecule is CCCCCCCC(=O)OCC[C@H](OC)[C@@H]1OC(C(=O)OC(OC(=O)[C@@H](N)C(C)C)C(C)C)=C[C@H](N=C(N)N)[C@H]1NC(C)=O. The van der Waals surface area contributed by atoms with Crippen molar-refractivity contribution in [2.45, 2.75) is 123 Å². The molecule has 1 amide bonds. The van der Waals surface area contributed by atoms with Gasteiger partial charge in [-0.1, -0.05) is 60.3 Å². The molecule has 1 aliphatic rings. The molecule has 252 valence electrons. The standard InChI is InChI=1S/C30H53N5O9/c1-8-9-10-11-12-13-23(37)41-15-14-21(40-7)26-25(34-19(6)36)20(35-30(32)33)16-22(42-26)27(38)43-29(18(4)5)44-28(39)24(31)17(2)3/h16-18,20-21,24-26,29H,8-15,31H2,1-7H3,(H,34,36)(H4,32,33,35)/t20-,21-,24-,25+,26-,29?/m0/s1. The zero-order chi connectivity index (χ0) is 33.4. The topological polar surface area (TPSA) is 217 Å². The molecular formula is C30H53N5O9. The minimum absolute atomic E-state index is 0.0108. The van der Waals surface area contributed by atoms with Crippen molar-refractivity contribution in [3.8, 4) is 0 Å². The molecule has 0 aromatic heterocycles. The second kappa shape index (κ2) is 19.8. The number of aliphatic imine (C=N–C) groups is 1. The van der Waals surface area contributed by atoms with Gasteiger partial charge in [0.05, 0.1) is 24.8 Å². The quantitative estimate of drug-likeness (QED) is 0.0530. The highest BCUT2D eigenvalue weighted by Gasteiger charge is 2.43. The molecular weight excluding hydrogens is 574 g/mol. The maximum absolute atomic E-state index is 13.3. The summed E-state index contributed by atoms with van der Waals surface area (Å²) in [5.41, 5.74) is 17.2. The number of nitrogens with two attached hydrogens (primary N) is 3. The van der Waals surface area contributed by atoms with Crippen molar-refractivity contribution < 1.29 is 42.9 Å². The second-order valence-electron chi connectivity index (χ2n) is 11.6. The van der Waals surface area contributed by atoms with Crippen LogP contribution in [0.5, 0.6) is 0 Å². The van der Waals surface area contributed by atoms with Crippen LogP contribution < -0.4 is 22.5 Å². The van der Waals surface area contributed by atoms with Crippen molar-refractivity contribution >= 4 is 29.8 Å². The van der Waals surface area contributed by atoms with E-state index in [0.29, 0.717) is 6.42 Å². The van der Waals surface area contributed by atoms with Gasteiger partial charge in [-0.2, -0.15) is 0 Å². The maximum Gasteiger partial charge on any atom is 0.376 e. The number of nitrogens with one attached hydrogen (secondary N) is 1. The lowest BCUT2D eigenvalue weighted by Gasteiger charge is -2.39. The number of guanidine groups is 1. The monoisotopic (exact) mass is 627 g/mol. The molecule has 0 saturated carbocycles. The summed E-state index contributed by atoms with van der Waals surface area (Å²) in [7, 11) is 1.42. The second-order valence-corrected chi connectivity index (χ2v) is 11.6. The zero-order valence-corrected chi connectivity index (χ0v) is 27.2. The molecule has 14 nitrogen and oxygen atoms in total. The van der Waals surface area contributed by atoms with Crippen LogP contribution in [0.15, 0.2) is 16.8 Å². The fourth-order valence-corrected chi connectivity index (χ4v) is 4.40. The first-order valence-electron chi connectivity index (χ1n) is 15.3. The smallest absolute Gasteiger partial charge is 0.376 e. The molecule has 7 N–H and O–H groups in total. The Kier molecular flexibility index (Phi) is 17.4. The third-order valence-corrected chi connectivity index (χ3v) is 6.99. The van der Waals surface area contributed by atoms with Gasteiger partial charge in [-0.15, -0.1) is 0 Å². The van der Waals surface area contributed by atoms with Gasteiger partial charge in [0.15, 0.2) is 5.96 Å². The Hall–Kier alpha value is -3.39. The average Bonchev–Trinajstić information content (AvgIpc) is 2.94. The summed E-state index contributed by atoms with van der Waals surface area (Å²) >= 11 is 0. The predicted molar refractivity (Wildman–Crippen MR) is 164 cm³/mol. The molecule has 6 atom stereocenters. The highest BCUT2D eigenvalue weighted by atomic mass is 16.7. The van der Waals surface area contributed by atoms with Crippen molar-refractivity contribution in [2.75, 3.05) is 13.7 Å². The molecule has 0 aromatic rings.